The Bertz CT molecular complexity index is 913. The lowest BCUT2D eigenvalue weighted by Gasteiger charge is -2.49. The maximum Gasteiger partial charge on any atom is 0.310 e. The number of ether oxygens (including phenoxy) is 4. The highest BCUT2D eigenvalue weighted by Gasteiger charge is 2.62. The highest BCUT2D eigenvalue weighted by atomic mass is 16.5. The molecule has 3 aliphatic rings. The Kier molecular flexibility index (Phi) is 28.9. The Morgan fingerprint density at radius 3 is 0.679 bits per heavy atom. The van der Waals surface area contributed by atoms with Crippen LogP contribution in [0.4, 0.5) is 0 Å². The third-order valence-corrected chi connectivity index (χ3v) is 12.0. The van der Waals surface area contributed by atoms with Crippen LogP contribution in [0.15, 0.2) is 12.2 Å². The van der Waals surface area contributed by atoms with Gasteiger partial charge in [0.1, 0.15) is 0 Å². The van der Waals surface area contributed by atoms with Crippen molar-refractivity contribution in [3.63, 3.8) is 0 Å². The lowest BCUT2D eigenvalue weighted by Crippen LogP contribution is -2.58. The van der Waals surface area contributed by atoms with Crippen LogP contribution < -0.4 is 0 Å². The average Bonchev–Trinajstić information content (AvgIpc) is 3.20. The molecule has 2 bridgehead atoms. The number of esters is 4. The fourth-order valence-electron chi connectivity index (χ4n) is 8.67. The minimum Gasteiger partial charge on any atom is -0.465 e. The van der Waals surface area contributed by atoms with Gasteiger partial charge in [-0.3, -0.25) is 19.2 Å². The lowest BCUT2D eigenvalue weighted by molar-refractivity contribution is -0.185. The van der Waals surface area contributed by atoms with E-state index in [2.05, 4.69) is 27.7 Å². The van der Waals surface area contributed by atoms with E-state index >= 15 is 0 Å². The quantitative estimate of drug-likeness (QED) is 0.0267. The summed E-state index contributed by atoms with van der Waals surface area (Å²) in [5, 5.41) is 0. The van der Waals surface area contributed by atoms with Gasteiger partial charge in [0.2, 0.25) is 0 Å². The number of hydrogen-bond donors (Lipinski definition) is 0. The van der Waals surface area contributed by atoms with E-state index < -0.39 is 59.4 Å². The fourth-order valence-corrected chi connectivity index (χ4v) is 8.67. The van der Waals surface area contributed by atoms with Crippen LogP contribution in [0.5, 0.6) is 0 Å². The molecule has 324 valence electrons. The summed E-state index contributed by atoms with van der Waals surface area (Å²) in [5.41, 5.74) is 0. The molecule has 0 spiro atoms. The van der Waals surface area contributed by atoms with Crippen molar-refractivity contribution >= 4 is 23.9 Å². The van der Waals surface area contributed by atoms with Gasteiger partial charge in [0.25, 0.3) is 0 Å². The summed E-state index contributed by atoms with van der Waals surface area (Å²) < 4.78 is 23.5. The Hall–Kier alpha value is -2.38. The number of carbonyl (C=O) groups excluding carboxylic acids is 4. The first kappa shape index (κ1) is 49.8. The van der Waals surface area contributed by atoms with E-state index in [1.165, 1.54) is 103 Å². The van der Waals surface area contributed by atoms with Crippen molar-refractivity contribution in [3.05, 3.63) is 12.2 Å². The van der Waals surface area contributed by atoms with Crippen molar-refractivity contribution < 1.29 is 38.1 Å². The summed E-state index contributed by atoms with van der Waals surface area (Å²) in [6.45, 7) is 9.87. The fraction of sp³-hybridized carbons (Fsp3) is 0.875. The van der Waals surface area contributed by atoms with Gasteiger partial charge in [-0.1, -0.05) is 194 Å². The monoisotopic (exact) mass is 789 g/mol. The van der Waals surface area contributed by atoms with Crippen LogP contribution in [-0.4, -0.2) is 50.3 Å². The molecule has 1 saturated carbocycles. The van der Waals surface area contributed by atoms with Crippen LogP contribution >= 0.6 is 0 Å². The first-order valence-electron chi connectivity index (χ1n) is 23.8. The zero-order valence-corrected chi connectivity index (χ0v) is 36.5. The molecule has 56 heavy (non-hydrogen) atoms. The second kappa shape index (κ2) is 32.6. The van der Waals surface area contributed by atoms with Crippen LogP contribution in [0.3, 0.4) is 0 Å². The summed E-state index contributed by atoms with van der Waals surface area (Å²) in [7, 11) is 0. The van der Waals surface area contributed by atoms with Crippen molar-refractivity contribution in [3.8, 4) is 0 Å². The molecule has 4 unspecified atom stereocenters. The Labute approximate surface area is 342 Å². The summed E-state index contributed by atoms with van der Waals surface area (Å²) in [6, 6.07) is 0. The largest absolute Gasteiger partial charge is 0.465 e. The predicted octanol–water partition coefficient (Wildman–Crippen LogP) is 12.4. The van der Waals surface area contributed by atoms with Crippen LogP contribution in [-0.2, 0) is 38.1 Å². The molecule has 0 heterocycles. The number of allylic oxidation sites excluding steroid dienone is 2. The maximum atomic E-state index is 14.0. The summed E-state index contributed by atoms with van der Waals surface area (Å²) >= 11 is 0. The minimum atomic E-state index is -0.931. The number of rotatable bonds is 36. The van der Waals surface area contributed by atoms with Gasteiger partial charge in [-0.05, 0) is 25.7 Å². The average molecular weight is 789 g/mol. The first-order valence-corrected chi connectivity index (χ1v) is 23.8. The summed E-state index contributed by atoms with van der Waals surface area (Å²) in [5.74, 6) is -7.15. The molecule has 0 aromatic carbocycles. The van der Waals surface area contributed by atoms with Gasteiger partial charge in [0.05, 0.1) is 50.1 Å². The van der Waals surface area contributed by atoms with Crippen LogP contribution in [0.2, 0.25) is 0 Å². The van der Waals surface area contributed by atoms with E-state index in [-0.39, 0.29) is 26.4 Å². The Morgan fingerprint density at radius 1 is 0.304 bits per heavy atom. The molecule has 0 N–H and O–H groups in total. The minimum absolute atomic E-state index is 0.265. The first-order chi connectivity index (χ1) is 27.4. The molecule has 0 aliphatic heterocycles. The van der Waals surface area contributed by atoms with Crippen molar-refractivity contribution in [2.24, 2.45) is 35.5 Å². The number of hydrogen-bond acceptors (Lipinski definition) is 8. The highest BCUT2D eigenvalue weighted by Crippen LogP contribution is 2.53. The second-order valence-corrected chi connectivity index (χ2v) is 16.8. The zero-order chi connectivity index (χ0) is 40.6. The van der Waals surface area contributed by atoms with Gasteiger partial charge in [0.15, 0.2) is 0 Å². The van der Waals surface area contributed by atoms with Crippen LogP contribution in [0.1, 0.15) is 207 Å². The molecule has 4 atom stereocenters. The van der Waals surface area contributed by atoms with E-state index in [9.17, 15) is 19.2 Å². The maximum absolute atomic E-state index is 14.0. The van der Waals surface area contributed by atoms with Crippen molar-refractivity contribution in [2.45, 2.75) is 207 Å². The topological polar surface area (TPSA) is 105 Å². The van der Waals surface area contributed by atoms with Crippen LogP contribution in [0, 0.1) is 35.5 Å². The molecular weight excluding hydrogens is 705 g/mol. The number of carbonyl (C=O) groups is 4. The molecule has 1 fully saturated rings. The highest BCUT2D eigenvalue weighted by molar-refractivity contribution is 5.90. The SMILES string of the molecule is CCCCCCCCCOC(=O)C1C2C=CC(C1C(=O)OCCCCCCCCC)C(C(=O)OCCCCCCCCC)C2C(=O)OCCCCCCCCC. The molecule has 0 radical (unpaired) electrons. The lowest BCUT2D eigenvalue weighted by atomic mass is 9.53. The molecule has 0 saturated heterocycles. The Balaban J connectivity index is 2.21. The van der Waals surface area contributed by atoms with Gasteiger partial charge < -0.3 is 18.9 Å². The van der Waals surface area contributed by atoms with E-state index in [0.717, 1.165) is 77.0 Å². The van der Waals surface area contributed by atoms with Crippen molar-refractivity contribution in [2.75, 3.05) is 26.4 Å². The summed E-state index contributed by atoms with van der Waals surface area (Å²) in [6.07, 6.45) is 34.2. The predicted molar refractivity (Wildman–Crippen MR) is 226 cm³/mol. The normalized spacial score (nSPS) is 21.2. The molecule has 8 heteroatoms. The molecule has 0 amide bonds. The smallest absolute Gasteiger partial charge is 0.310 e. The second-order valence-electron chi connectivity index (χ2n) is 16.8. The molecule has 3 rings (SSSR count). The van der Waals surface area contributed by atoms with E-state index in [1.807, 2.05) is 12.2 Å². The van der Waals surface area contributed by atoms with Crippen molar-refractivity contribution in [1.29, 1.82) is 0 Å². The van der Waals surface area contributed by atoms with E-state index in [4.69, 9.17) is 18.9 Å². The zero-order valence-electron chi connectivity index (χ0n) is 36.5. The van der Waals surface area contributed by atoms with Gasteiger partial charge in [-0.25, -0.2) is 0 Å². The molecular formula is C48H84O8. The van der Waals surface area contributed by atoms with Crippen molar-refractivity contribution in [1.82, 2.24) is 0 Å². The number of fused-ring (bicyclic) bond motifs is 2. The standard InChI is InChI=1S/C48H84O8/c1-5-9-13-17-21-25-29-35-53-45(49)41-39-33-34-40(42(41)46(50)54-36-30-26-22-18-14-10-6-2)44(48(52)56-38-32-28-24-20-16-12-8-4)43(39)47(51)55-37-31-27-23-19-15-11-7-3/h33-34,39-44H,5-32,35-38H2,1-4H3. The molecule has 8 nitrogen and oxygen atoms in total. The van der Waals surface area contributed by atoms with Gasteiger partial charge >= 0.3 is 23.9 Å². The van der Waals surface area contributed by atoms with Gasteiger partial charge in [-0.2, -0.15) is 0 Å². The molecule has 3 aliphatic carbocycles. The Morgan fingerprint density at radius 2 is 0.482 bits per heavy atom. The van der Waals surface area contributed by atoms with E-state index in [1.54, 1.807) is 0 Å². The third kappa shape index (κ3) is 19.4. The summed E-state index contributed by atoms with van der Waals surface area (Å²) in [4.78, 5) is 56.1. The van der Waals surface area contributed by atoms with E-state index in [0.29, 0.717) is 0 Å². The van der Waals surface area contributed by atoms with Gasteiger partial charge in [-0.15, -0.1) is 0 Å². The van der Waals surface area contributed by atoms with Gasteiger partial charge in [0, 0.05) is 11.8 Å². The third-order valence-electron chi connectivity index (χ3n) is 12.0. The molecule has 0 aromatic rings. The van der Waals surface area contributed by atoms with Crippen LogP contribution in [0.25, 0.3) is 0 Å². The number of unbranched alkanes of at least 4 members (excludes halogenated alkanes) is 24. The molecule has 0 aromatic heterocycles.